The average Bonchev–Trinajstić information content (AvgIpc) is 2.14. The van der Waals surface area contributed by atoms with E-state index in [0.29, 0.717) is 13.0 Å². The third-order valence-electron chi connectivity index (χ3n) is 1.99. The zero-order chi connectivity index (χ0) is 12.2. The molecule has 1 rings (SSSR count). The maximum Gasteiger partial charge on any atom is 0.220 e. The summed E-state index contributed by atoms with van der Waals surface area (Å²) in [5, 5.41) is 11.8. The fourth-order valence-corrected chi connectivity index (χ4v) is 1.27. The normalized spacial score (nSPS) is 11.2. The molecule has 0 unspecified atom stereocenters. The summed E-state index contributed by atoms with van der Waals surface area (Å²) in [5.74, 6) is 0.0188. The first-order valence-electron chi connectivity index (χ1n) is 5.27. The third kappa shape index (κ3) is 4.77. The molecule has 0 spiro atoms. The van der Waals surface area contributed by atoms with Crippen molar-refractivity contribution in [3.63, 3.8) is 0 Å². The molecule has 1 amide bonds. The molecule has 0 aliphatic heterocycles. The van der Waals surface area contributed by atoms with Gasteiger partial charge in [-0.25, -0.2) is 4.98 Å². The highest BCUT2D eigenvalue weighted by Crippen LogP contribution is 2.17. The van der Waals surface area contributed by atoms with E-state index in [9.17, 15) is 4.79 Å². The second-order valence-corrected chi connectivity index (χ2v) is 5.04. The second kappa shape index (κ2) is 4.96. The molecule has 0 aromatic carbocycles. The lowest BCUT2D eigenvalue weighted by atomic mass is 9.92. The van der Waals surface area contributed by atoms with E-state index in [1.807, 2.05) is 20.8 Å². The standard InChI is InChI=1S/C12H18N2O2/c1-12(2,3)6-11(16)14-8-9-4-5-10(15)13-7-9/h4-5,7H,6,8H2,1-3H3,(H,13,15)(H,14,16). The summed E-state index contributed by atoms with van der Waals surface area (Å²) in [6.07, 6.45) is 2.05. The number of nitrogens with zero attached hydrogens (tertiary/aromatic N) is 1. The first-order valence-corrected chi connectivity index (χ1v) is 5.27. The molecule has 0 bridgehead atoms. The molecule has 0 atom stereocenters. The molecule has 0 aliphatic carbocycles. The van der Waals surface area contributed by atoms with Crippen LogP contribution < -0.4 is 5.32 Å². The molecule has 16 heavy (non-hydrogen) atoms. The van der Waals surface area contributed by atoms with Crippen LogP contribution in [0.15, 0.2) is 18.3 Å². The van der Waals surface area contributed by atoms with Gasteiger partial charge in [-0.3, -0.25) is 4.79 Å². The van der Waals surface area contributed by atoms with Crippen molar-refractivity contribution in [2.45, 2.75) is 33.7 Å². The van der Waals surface area contributed by atoms with Gasteiger partial charge in [0.05, 0.1) is 0 Å². The minimum Gasteiger partial charge on any atom is -0.493 e. The molecule has 88 valence electrons. The van der Waals surface area contributed by atoms with Crippen LogP contribution >= 0.6 is 0 Å². The molecule has 0 radical (unpaired) electrons. The fourth-order valence-electron chi connectivity index (χ4n) is 1.27. The number of rotatable bonds is 3. The molecular weight excluding hydrogens is 204 g/mol. The number of carbonyl (C=O) groups is 1. The van der Waals surface area contributed by atoms with E-state index in [1.54, 1.807) is 12.3 Å². The highest BCUT2D eigenvalue weighted by molar-refractivity contribution is 5.76. The van der Waals surface area contributed by atoms with Gasteiger partial charge in [-0.2, -0.15) is 0 Å². The molecule has 2 N–H and O–H groups in total. The maximum atomic E-state index is 11.5. The number of hydrogen-bond donors (Lipinski definition) is 2. The van der Waals surface area contributed by atoms with Crippen LogP contribution in [0.2, 0.25) is 0 Å². The Kier molecular flexibility index (Phi) is 3.88. The SMILES string of the molecule is CC(C)(C)CC(=O)NCc1ccc(O)nc1. The van der Waals surface area contributed by atoms with E-state index in [4.69, 9.17) is 5.11 Å². The Labute approximate surface area is 95.7 Å². The first kappa shape index (κ1) is 12.5. The molecule has 0 saturated carbocycles. The summed E-state index contributed by atoms with van der Waals surface area (Å²) >= 11 is 0. The lowest BCUT2D eigenvalue weighted by Crippen LogP contribution is -2.27. The number of carbonyl (C=O) groups excluding carboxylic acids is 1. The van der Waals surface area contributed by atoms with Crippen molar-refractivity contribution in [3.8, 4) is 5.88 Å². The number of aromatic hydroxyl groups is 1. The lowest BCUT2D eigenvalue weighted by molar-refractivity contribution is -0.122. The van der Waals surface area contributed by atoms with Gasteiger partial charge in [0.15, 0.2) is 0 Å². The van der Waals surface area contributed by atoms with Gasteiger partial charge in [-0.05, 0) is 11.0 Å². The zero-order valence-electron chi connectivity index (χ0n) is 9.95. The minimum absolute atomic E-state index is 0.00269. The quantitative estimate of drug-likeness (QED) is 0.820. The van der Waals surface area contributed by atoms with Crippen LogP contribution in [0.25, 0.3) is 0 Å². The van der Waals surface area contributed by atoms with E-state index in [-0.39, 0.29) is 17.2 Å². The molecule has 0 aliphatic rings. The number of aromatic nitrogens is 1. The van der Waals surface area contributed by atoms with Gasteiger partial charge >= 0.3 is 0 Å². The van der Waals surface area contributed by atoms with Crippen LogP contribution in [-0.4, -0.2) is 16.0 Å². The van der Waals surface area contributed by atoms with E-state index in [2.05, 4.69) is 10.3 Å². The van der Waals surface area contributed by atoms with Gasteiger partial charge in [0.2, 0.25) is 11.8 Å². The topological polar surface area (TPSA) is 62.2 Å². The van der Waals surface area contributed by atoms with Crippen LogP contribution in [0.3, 0.4) is 0 Å². The van der Waals surface area contributed by atoms with Gasteiger partial charge in [0.1, 0.15) is 0 Å². The molecule has 4 nitrogen and oxygen atoms in total. The summed E-state index contributed by atoms with van der Waals surface area (Å²) < 4.78 is 0. The Morgan fingerprint density at radius 3 is 2.62 bits per heavy atom. The molecule has 4 heteroatoms. The van der Waals surface area contributed by atoms with Crippen molar-refractivity contribution in [2.24, 2.45) is 5.41 Å². The Hall–Kier alpha value is -1.58. The number of pyridine rings is 1. The largest absolute Gasteiger partial charge is 0.493 e. The first-order chi connectivity index (χ1) is 7.37. The predicted molar refractivity (Wildman–Crippen MR) is 61.8 cm³/mol. The number of hydrogen-bond acceptors (Lipinski definition) is 3. The van der Waals surface area contributed by atoms with E-state index >= 15 is 0 Å². The number of nitrogens with one attached hydrogen (secondary N) is 1. The van der Waals surface area contributed by atoms with E-state index < -0.39 is 0 Å². The highest BCUT2D eigenvalue weighted by Gasteiger charge is 2.15. The minimum atomic E-state index is -0.00947. The molecular formula is C12H18N2O2. The Morgan fingerprint density at radius 2 is 2.12 bits per heavy atom. The Morgan fingerprint density at radius 1 is 1.44 bits per heavy atom. The summed E-state index contributed by atoms with van der Waals surface area (Å²) in [7, 11) is 0. The Balaban J connectivity index is 2.40. The maximum absolute atomic E-state index is 11.5. The van der Waals surface area contributed by atoms with Crippen LogP contribution in [-0.2, 0) is 11.3 Å². The smallest absolute Gasteiger partial charge is 0.220 e. The summed E-state index contributed by atoms with van der Waals surface area (Å²) in [4.78, 5) is 15.3. The van der Waals surface area contributed by atoms with Crippen molar-refractivity contribution < 1.29 is 9.90 Å². The van der Waals surface area contributed by atoms with Crippen LogP contribution in [0.5, 0.6) is 5.88 Å². The summed E-state index contributed by atoms with van der Waals surface area (Å²) in [5.41, 5.74) is 0.872. The molecule has 0 fully saturated rings. The lowest BCUT2D eigenvalue weighted by Gasteiger charge is -2.17. The van der Waals surface area contributed by atoms with Crippen LogP contribution in [0.1, 0.15) is 32.8 Å². The molecule has 1 aromatic rings. The summed E-state index contributed by atoms with van der Waals surface area (Å²) in [6, 6.07) is 3.24. The van der Waals surface area contributed by atoms with Crippen molar-refractivity contribution >= 4 is 5.91 Å². The van der Waals surface area contributed by atoms with Gasteiger partial charge in [-0.15, -0.1) is 0 Å². The molecule has 1 heterocycles. The van der Waals surface area contributed by atoms with Crippen LogP contribution in [0, 0.1) is 5.41 Å². The molecule has 0 saturated heterocycles. The van der Waals surface area contributed by atoms with Crippen molar-refractivity contribution in [1.82, 2.24) is 10.3 Å². The van der Waals surface area contributed by atoms with Gasteiger partial charge in [0, 0.05) is 25.2 Å². The fraction of sp³-hybridized carbons (Fsp3) is 0.500. The number of amides is 1. The van der Waals surface area contributed by atoms with Crippen molar-refractivity contribution in [2.75, 3.05) is 0 Å². The van der Waals surface area contributed by atoms with E-state index in [1.165, 1.54) is 6.07 Å². The van der Waals surface area contributed by atoms with Crippen LogP contribution in [0.4, 0.5) is 0 Å². The van der Waals surface area contributed by atoms with Gasteiger partial charge in [-0.1, -0.05) is 26.8 Å². The van der Waals surface area contributed by atoms with Gasteiger partial charge in [0.25, 0.3) is 0 Å². The van der Waals surface area contributed by atoms with Crippen molar-refractivity contribution in [1.29, 1.82) is 0 Å². The predicted octanol–water partition coefficient (Wildman–Crippen LogP) is 1.84. The molecule has 1 aromatic heterocycles. The van der Waals surface area contributed by atoms with E-state index in [0.717, 1.165) is 5.56 Å². The summed E-state index contributed by atoms with van der Waals surface area (Å²) in [6.45, 7) is 6.51. The van der Waals surface area contributed by atoms with Crippen molar-refractivity contribution in [3.05, 3.63) is 23.9 Å². The monoisotopic (exact) mass is 222 g/mol. The third-order valence-corrected chi connectivity index (χ3v) is 1.99. The second-order valence-electron chi connectivity index (χ2n) is 5.04. The average molecular weight is 222 g/mol. The zero-order valence-corrected chi connectivity index (χ0v) is 9.95. The Bertz CT molecular complexity index is 352. The highest BCUT2D eigenvalue weighted by atomic mass is 16.3. The van der Waals surface area contributed by atoms with Gasteiger partial charge < -0.3 is 10.4 Å².